The highest BCUT2D eigenvalue weighted by Crippen LogP contribution is 2.35. The summed E-state index contributed by atoms with van der Waals surface area (Å²) in [6.45, 7) is 7.08. The Hall–Kier alpha value is -3.34. The van der Waals surface area contributed by atoms with E-state index in [0.29, 0.717) is 22.8 Å². The number of hydrogen-bond acceptors (Lipinski definition) is 8. The highest BCUT2D eigenvalue weighted by atomic mass is 19.4. The number of anilines is 4. The third-order valence-corrected chi connectivity index (χ3v) is 6.93. The summed E-state index contributed by atoms with van der Waals surface area (Å²) >= 11 is 0. The molecule has 4 heterocycles. The summed E-state index contributed by atoms with van der Waals surface area (Å²) in [7, 11) is 2.08. The molecule has 0 saturated carbocycles. The van der Waals surface area contributed by atoms with Gasteiger partial charge >= 0.3 is 6.18 Å². The predicted octanol–water partition coefficient (Wildman–Crippen LogP) is 4.15. The number of hydrogen-bond donors (Lipinski definition) is 2. The monoisotopic (exact) mass is 500 g/mol. The number of benzene rings is 1. The Balaban J connectivity index is 1.53. The molecule has 192 valence electrons. The van der Waals surface area contributed by atoms with Crippen molar-refractivity contribution in [2.75, 3.05) is 67.2 Å². The van der Waals surface area contributed by atoms with Crippen LogP contribution < -0.4 is 20.9 Å². The van der Waals surface area contributed by atoms with Gasteiger partial charge in [-0.05, 0) is 56.6 Å². The first kappa shape index (κ1) is 24.4. The normalized spacial score (nSPS) is 18.1. The number of alkyl halides is 3. The van der Waals surface area contributed by atoms with E-state index in [9.17, 15) is 13.2 Å². The van der Waals surface area contributed by atoms with Gasteiger partial charge < -0.3 is 25.8 Å². The molecule has 0 bridgehead atoms. The average molecular weight is 501 g/mol. The minimum Gasteiger partial charge on any atom is -0.399 e. The predicted molar refractivity (Wildman–Crippen MR) is 136 cm³/mol. The Morgan fingerprint density at radius 3 is 2.36 bits per heavy atom. The molecule has 0 radical (unpaired) electrons. The van der Waals surface area contributed by atoms with E-state index in [4.69, 9.17) is 15.7 Å². The first-order valence-electron chi connectivity index (χ1n) is 12.3. The molecule has 2 aromatic heterocycles. The van der Waals surface area contributed by atoms with Crippen LogP contribution in [0, 0.1) is 0 Å². The summed E-state index contributed by atoms with van der Waals surface area (Å²) in [4.78, 5) is 20.9. The molecule has 3 aromatic rings. The second-order valence-electron chi connectivity index (χ2n) is 9.67. The van der Waals surface area contributed by atoms with Gasteiger partial charge in [-0.2, -0.15) is 18.2 Å². The van der Waals surface area contributed by atoms with Crippen molar-refractivity contribution in [3.8, 4) is 0 Å². The van der Waals surface area contributed by atoms with Crippen molar-refractivity contribution in [2.45, 2.75) is 32.0 Å². The molecule has 1 atom stereocenters. The smallest absolute Gasteiger partial charge is 0.399 e. The molecule has 5 rings (SSSR count). The van der Waals surface area contributed by atoms with Gasteiger partial charge in [0.2, 0.25) is 5.95 Å². The second-order valence-corrected chi connectivity index (χ2v) is 9.67. The van der Waals surface area contributed by atoms with E-state index in [1.54, 1.807) is 19.2 Å². The highest BCUT2D eigenvalue weighted by molar-refractivity contribution is 5.91. The molecule has 0 amide bonds. The lowest BCUT2D eigenvalue weighted by Gasteiger charge is -2.32. The maximum Gasteiger partial charge on any atom is 0.416 e. The number of fused-ring (bicyclic) bond motifs is 1. The lowest BCUT2D eigenvalue weighted by atomic mass is 10.0. The van der Waals surface area contributed by atoms with Crippen molar-refractivity contribution in [1.82, 2.24) is 19.9 Å². The van der Waals surface area contributed by atoms with E-state index in [1.807, 2.05) is 6.07 Å². The number of halogens is 3. The number of piperazine rings is 1. The minimum atomic E-state index is -4.48. The van der Waals surface area contributed by atoms with Gasteiger partial charge in [0.25, 0.3) is 0 Å². The minimum absolute atomic E-state index is 0.0691. The van der Waals surface area contributed by atoms with Crippen LogP contribution in [0.5, 0.6) is 0 Å². The summed E-state index contributed by atoms with van der Waals surface area (Å²) in [5, 5.41) is 4.14. The molecule has 2 aliphatic heterocycles. The molecule has 3 N–H and O–H groups in total. The third-order valence-electron chi connectivity index (χ3n) is 6.93. The Kier molecular flexibility index (Phi) is 6.50. The van der Waals surface area contributed by atoms with Crippen LogP contribution in [0.4, 0.5) is 36.4 Å². The lowest BCUT2D eigenvalue weighted by molar-refractivity contribution is -0.137. The number of aromatic nitrogens is 3. The molecule has 2 saturated heterocycles. The molecule has 0 unspecified atom stereocenters. The molecule has 2 aliphatic rings. The lowest BCUT2D eigenvalue weighted by Crippen LogP contribution is -2.45. The molecular formula is C25H31F3N8. The molecule has 0 spiro atoms. The molecular weight excluding hydrogens is 469 g/mol. The van der Waals surface area contributed by atoms with Crippen molar-refractivity contribution in [1.29, 1.82) is 0 Å². The number of nitrogens with two attached hydrogens (primary N) is 1. The molecule has 8 nitrogen and oxygen atoms in total. The van der Waals surface area contributed by atoms with Gasteiger partial charge in [-0.25, -0.2) is 9.97 Å². The van der Waals surface area contributed by atoms with E-state index in [-0.39, 0.29) is 5.69 Å². The largest absolute Gasteiger partial charge is 0.416 e. The standard InChI is InChI=1S/C25H31F3N8/c1-16(17-11-18(25(26,27)28)13-19(29)12-17)31-23-20-14-22(35-5-3-4-6-35)30-15-21(20)32-24(33-23)36-9-7-34(2)8-10-36/h11-16H,3-10,29H2,1-2H3,(H,31,32,33)/t16-/m1/s1. The van der Waals surface area contributed by atoms with Crippen molar-refractivity contribution < 1.29 is 13.2 Å². The van der Waals surface area contributed by atoms with Crippen molar-refractivity contribution >= 4 is 34.2 Å². The topological polar surface area (TPSA) is 86.4 Å². The Morgan fingerprint density at radius 2 is 1.67 bits per heavy atom. The van der Waals surface area contributed by atoms with Crippen LogP contribution in [0.25, 0.3) is 10.9 Å². The number of nitrogens with zero attached hydrogens (tertiary/aromatic N) is 6. The fourth-order valence-electron chi connectivity index (χ4n) is 4.76. The van der Waals surface area contributed by atoms with E-state index in [1.165, 1.54) is 0 Å². The molecule has 36 heavy (non-hydrogen) atoms. The quantitative estimate of drug-likeness (QED) is 0.506. The van der Waals surface area contributed by atoms with E-state index >= 15 is 0 Å². The number of pyridine rings is 1. The van der Waals surface area contributed by atoms with Crippen LogP contribution in [0.3, 0.4) is 0 Å². The Labute approximate surface area is 208 Å². The fraction of sp³-hybridized carbons (Fsp3) is 0.480. The van der Waals surface area contributed by atoms with Crippen molar-refractivity contribution in [2.24, 2.45) is 0 Å². The molecule has 11 heteroatoms. The third kappa shape index (κ3) is 5.11. The zero-order chi connectivity index (χ0) is 25.4. The van der Waals surface area contributed by atoms with Crippen LogP contribution in [0.1, 0.15) is 36.9 Å². The Morgan fingerprint density at radius 1 is 0.944 bits per heavy atom. The van der Waals surface area contributed by atoms with Gasteiger partial charge in [0.1, 0.15) is 11.6 Å². The summed E-state index contributed by atoms with van der Waals surface area (Å²) in [5.41, 5.74) is 6.25. The van der Waals surface area contributed by atoms with Gasteiger partial charge in [0.15, 0.2) is 0 Å². The van der Waals surface area contributed by atoms with Crippen molar-refractivity contribution in [3.05, 3.63) is 41.6 Å². The second kappa shape index (κ2) is 9.61. The average Bonchev–Trinajstić information content (AvgIpc) is 3.38. The first-order valence-corrected chi connectivity index (χ1v) is 12.3. The molecule has 1 aromatic carbocycles. The molecule has 0 aliphatic carbocycles. The van der Waals surface area contributed by atoms with E-state index in [2.05, 4.69) is 32.0 Å². The van der Waals surface area contributed by atoms with Gasteiger partial charge in [0, 0.05) is 50.3 Å². The maximum absolute atomic E-state index is 13.4. The Bertz CT molecular complexity index is 1230. The van der Waals surface area contributed by atoms with Gasteiger partial charge in [-0.15, -0.1) is 0 Å². The van der Waals surface area contributed by atoms with Gasteiger partial charge in [-0.1, -0.05) is 0 Å². The molecule has 2 fully saturated rings. The number of nitrogen functional groups attached to an aromatic ring is 1. The van der Waals surface area contributed by atoms with Gasteiger partial charge in [-0.3, -0.25) is 0 Å². The number of likely N-dealkylation sites (N-methyl/N-ethyl adjacent to an activating group) is 1. The fourth-order valence-corrected chi connectivity index (χ4v) is 4.76. The highest BCUT2D eigenvalue weighted by Gasteiger charge is 2.31. The van der Waals surface area contributed by atoms with Crippen molar-refractivity contribution in [3.63, 3.8) is 0 Å². The maximum atomic E-state index is 13.4. The summed E-state index contributed by atoms with van der Waals surface area (Å²) in [6, 6.07) is 5.15. The van der Waals surface area contributed by atoms with Crippen LogP contribution in [0.15, 0.2) is 30.5 Å². The van der Waals surface area contributed by atoms with Gasteiger partial charge in [0.05, 0.1) is 23.3 Å². The van der Waals surface area contributed by atoms with E-state index in [0.717, 1.165) is 75.4 Å². The number of rotatable bonds is 5. The number of nitrogens with one attached hydrogen (secondary N) is 1. The summed E-state index contributed by atoms with van der Waals surface area (Å²) in [5.74, 6) is 2.01. The zero-order valence-corrected chi connectivity index (χ0v) is 20.5. The van der Waals surface area contributed by atoms with Crippen LogP contribution in [-0.2, 0) is 6.18 Å². The summed E-state index contributed by atoms with van der Waals surface area (Å²) in [6.07, 6.45) is -0.464. The summed E-state index contributed by atoms with van der Waals surface area (Å²) < 4.78 is 40.2. The van der Waals surface area contributed by atoms with Crippen LogP contribution in [-0.4, -0.2) is 66.2 Å². The SMILES string of the molecule is C[C@@H](Nc1nc(N2CCN(C)CC2)nc2cnc(N3CCCC3)cc12)c1cc(N)cc(C(F)(F)F)c1. The zero-order valence-electron chi connectivity index (χ0n) is 20.5. The van der Waals surface area contributed by atoms with Crippen LogP contribution in [0.2, 0.25) is 0 Å². The van der Waals surface area contributed by atoms with E-state index < -0.39 is 17.8 Å². The first-order chi connectivity index (χ1) is 17.2. The van der Waals surface area contributed by atoms with Crippen LogP contribution >= 0.6 is 0 Å².